The highest BCUT2D eigenvalue weighted by Crippen LogP contribution is 2.44. The van der Waals surface area contributed by atoms with Crippen molar-refractivity contribution in [3.05, 3.63) is 59.7 Å². The molecule has 1 unspecified atom stereocenters. The largest absolute Gasteiger partial charge is 0.481 e. The number of benzene rings is 2. The molecule has 0 aromatic heterocycles. The number of ether oxygens (including phenoxy) is 1. The number of hydrogen-bond donors (Lipinski definition) is 3. The van der Waals surface area contributed by atoms with Crippen LogP contribution < -0.4 is 10.6 Å². The molecule has 2 aromatic rings. The van der Waals surface area contributed by atoms with Gasteiger partial charge in [0.1, 0.15) is 12.1 Å². The summed E-state index contributed by atoms with van der Waals surface area (Å²) in [5.41, 5.74) is 3.58. The fourth-order valence-electron chi connectivity index (χ4n) is 5.33. The number of nitrogens with one attached hydrogen (secondary N) is 2. The van der Waals surface area contributed by atoms with Crippen LogP contribution in [0.4, 0.5) is 4.79 Å². The molecule has 2 aliphatic rings. The summed E-state index contributed by atoms with van der Waals surface area (Å²) >= 11 is 0. The fraction of sp³-hybridized carbons (Fsp3) is 0.464. The number of rotatable bonds is 10. The van der Waals surface area contributed by atoms with Crippen LogP contribution in [0.5, 0.6) is 0 Å². The number of alkyl carbamates (subject to hydrolysis) is 1. The molecule has 1 fully saturated rings. The lowest BCUT2D eigenvalue weighted by molar-refractivity contribution is -0.138. The number of carboxylic acids is 1. The first-order chi connectivity index (χ1) is 16.8. The van der Waals surface area contributed by atoms with Gasteiger partial charge in [0.2, 0.25) is 5.91 Å². The Morgan fingerprint density at radius 2 is 1.63 bits per heavy atom. The van der Waals surface area contributed by atoms with Crippen LogP contribution in [-0.2, 0) is 14.3 Å². The fourth-order valence-corrected chi connectivity index (χ4v) is 5.33. The van der Waals surface area contributed by atoms with E-state index in [0.29, 0.717) is 25.2 Å². The van der Waals surface area contributed by atoms with E-state index in [2.05, 4.69) is 34.9 Å². The van der Waals surface area contributed by atoms with E-state index in [1.54, 1.807) is 0 Å². The average molecular weight is 479 g/mol. The molecule has 0 aliphatic heterocycles. The van der Waals surface area contributed by atoms with Crippen LogP contribution >= 0.6 is 0 Å². The van der Waals surface area contributed by atoms with Crippen LogP contribution in [0.25, 0.3) is 11.1 Å². The second-order valence-corrected chi connectivity index (χ2v) is 10.2. The molecule has 0 heterocycles. The van der Waals surface area contributed by atoms with E-state index in [9.17, 15) is 19.5 Å². The number of carbonyl (C=O) groups is 3. The first-order valence-corrected chi connectivity index (χ1v) is 12.4. The number of carboxylic acid groups (broad SMARTS) is 1. The normalized spacial score (nSPS) is 16.5. The summed E-state index contributed by atoms with van der Waals surface area (Å²) in [6.45, 7) is 4.52. The zero-order valence-electron chi connectivity index (χ0n) is 20.4. The second kappa shape index (κ2) is 10.5. The monoisotopic (exact) mass is 478 g/mol. The third kappa shape index (κ3) is 5.50. The zero-order valence-corrected chi connectivity index (χ0v) is 20.4. The minimum atomic E-state index is -0.992. The van der Waals surface area contributed by atoms with E-state index in [0.717, 1.165) is 28.7 Å². The summed E-state index contributed by atoms with van der Waals surface area (Å²) in [4.78, 5) is 37.0. The van der Waals surface area contributed by atoms with Crippen molar-refractivity contribution in [1.82, 2.24) is 10.6 Å². The summed E-state index contributed by atoms with van der Waals surface area (Å²) in [5, 5.41) is 14.9. The van der Waals surface area contributed by atoms with Crippen LogP contribution in [0.2, 0.25) is 0 Å². The van der Waals surface area contributed by atoms with Crippen LogP contribution in [0, 0.1) is 11.8 Å². The standard InChI is InChI=1S/C28H34N2O5/c1-18(2)14-19(15-25(31)32)16-29-26(33)28(12-7-13-28)30-27(34)35-17-24-22-10-5-3-8-20(22)21-9-4-6-11-23(21)24/h3-6,8-11,18-19,24H,7,12-17H2,1-2H3,(H,29,33)(H,30,34)(H,31,32). The quantitative estimate of drug-likeness (QED) is 0.459. The lowest BCUT2D eigenvalue weighted by atomic mass is 9.76. The average Bonchev–Trinajstić information content (AvgIpc) is 3.11. The van der Waals surface area contributed by atoms with Gasteiger partial charge in [-0.1, -0.05) is 62.4 Å². The van der Waals surface area contributed by atoms with E-state index in [1.165, 1.54) is 0 Å². The number of fused-ring (bicyclic) bond motifs is 3. The van der Waals surface area contributed by atoms with Gasteiger partial charge in [-0.05, 0) is 59.8 Å². The molecular formula is C28H34N2O5. The molecule has 0 saturated heterocycles. The van der Waals surface area contributed by atoms with E-state index < -0.39 is 17.6 Å². The van der Waals surface area contributed by atoms with Crippen molar-refractivity contribution >= 4 is 18.0 Å². The molecule has 2 aromatic carbocycles. The van der Waals surface area contributed by atoms with Gasteiger partial charge in [0.05, 0.1) is 0 Å². The molecule has 1 atom stereocenters. The highest BCUT2D eigenvalue weighted by atomic mass is 16.5. The van der Waals surface area contributed by atoms with Crippen molar-refractivity contribution in [1.29, 1.82) is 0 Å². The number of amides is 2. The van der Waals surface area contributed by atoms with Crippen molar-refractivity contribution in [2.24, 2.45) is 11.8 Å². The Morgan fingerprint density at radius 3 is 2.14 bits per heavy atom. The van der Waals surface area contributed by atoms with Gasteiger partial charge >= 0.3 is 12.1 Å². The van der Waals surface area contributed by atoms with Gasteiger partial charge in [-0.2, -0.15) is 0 Å². The highest BCUT2D eigenvalue weighted by Gasteiger charge is 2.46. The van der Waals surface area contributed by atoms with Crippen molar-refractivity contribution in [3.63, 3.8) is 0 Å². The lowest BCUT2D eigenvalue weighted by Gasteiger charge is -2.40. The Morgan fingerprint density at radius 1 is 1.03 bits per heavy atom. The van der Waals surface area contributed by atoms with Crippen LogP contribution in [-0.4, -0.2) is 41.8 Å². The minimum Gasteiger partial charge on any atom is -0.481 e. The maximum absolute atomic E-state index is 13.0. The molecule has 0 radical (unpaired) electrons. The summed E-state index contributed by atoms with van der Waals surface area (Å²) < 4.78 is 5.64. The molecule has 1 saturated carbocycles. The molecule has 35 heavy (non-hydrogen) atoms. The minimum absolute atomic E-state index is 0.00523. The molecule has 4 rings (SSSR count). The molecule has 3 N–H and O–H groups in total. The van der Waals surface area contributed by atoms with Crippen molar-refractivity contribution in [3.8, 4) is 11.1 Å². The van der Waals surface area contributed by atoms with Gasteiger partial charge in [0, 0.05) is 18.9 Å². The summed E-state index contributed by atoms with van der Waals surface area (Å²) in [6.07, 6.45) is 2.02. The molecule has 2 amide bonds. The van der Waals surface area contributed by atoms with E-state index in [-0.39, 0.29) is 37.3 Å². The van der Waals surface area contributed by atoms with Gasteiger partial charge < -0.3 is 20.5 Å². The molecule has 186 valence electrons. The third-order valence-corrected chi connectivity index (χ3v) is 7.15. The molecular weight excluding hydrogens is 444 g/mol. The highest BCUT2D eigenvalue weighted by molar-refractivity contribution is 5.91. The lowest BCUT2D eigenvalue weighted by Crippen LogP contribution is -2.63. The number of aliphatic carboxylic acids is 1. The third-order valence-electron chi connectivity index (χ3n) is 7.15. The molecule has 0 bridgehead atoms. The van der Waals surface area contributed by atoms with Crippen molar-refractivity contribution in [2.75, 3.05) is 13.2 Å². The van der Waals surface area contributed by atoms with Crippen LogP contribution in [0.1, 0.15) is 63.0 Å². The topological polar surface area (TPSA) is 105 Å². The zero-order chi connectivity index (χ0) is 25.0. The van der Waals surface area contributed by atoms with Gasteiger partial charge in [0.15, 0.2) is 0 Å². The molecule has 7 nitrogen and oxygen atoms in total. The predicted octanol–water partition coefficient (Wildman–Crippen LogP) is 4.70. The van der Waals surface area contributed by atoms with Gasteiger partial charge in [-0.15, -0.1) is 0 Å². The molecule has 0 spiro atoms. The van der Waals surface area contributed by atoms with Gasteiger partial charge in [-0.3, -0.25) is 9.59 Å². The summed E-state index contributed by atoms with van der Waals surface area (Å²) in [6, 6.07) is 16.3. The van der Waals surface area contributed by atoms with Gasteiger partial charge in [0.25, 0.3) is 0 Å². The van der Waals surface area contributed by atoms with Crippen LogP contribution in [0.3, 0.4) is 0 Å². The number of carbonyl (C=O) groups excluding carboxylic acids is 2. The summed E-state index contributed by atoms with van der Waals surface area (Å²) in [7, 11) is 0. The van der Waals surface area contributed by atoms with Crippen molar-refractivity contribution in [2.45, 2.75) is 57.4 Å². The summed E-state index contributed by atoms with van der Waals surface area (Å²) in [5.74, 6) is -1.01. The SMILES string of the molecule is CC(C)CC(CNC(=O)C1(NC(=O)OCC2c3ccccc3-c3ccccc32)CCC1)CC(=O)O. The first-order valence-electron chi connectivity index (χ1n) is 12.4. The van der Waals surface area contributed by atoms with Gasteiger partial charge in [-0.25, -0.2) is 4.79 Å². The van der Waals surface area contributed by atoms with E-state index >= 15 is 0 Å². The Balaban J connectivity index is 1.36. The second-order valence-electron chi connectivity index (χ2n) is 10.2. The molecule has 7 heteroatoms. The predicted molar refractivity (Wildman–Crippen MR) is 133 cm³/mol. The van der Waals surface area contributed by atoms with E-state index in [4.69, 9.17) is 4.74 Å². The van der Waals surface area contributed by atoms with E-state index in [1.807, 2.05) is 38.1 Å². The maximum atomic E-state index is 13.0. The Labute approximate surface area is 206 Å². The Bertz CT molecular complexity index is 1050. The molecule has 2 aliphatic carbocycles. The van der Waals surface area contributed by atoms with Crippen molar-refractivity contribution < 1.29 is 24.2 Å². The number of hydrogen-bond acceptors (Lipinski definition) is 4. The maximum Gasteiger partial charge on any atom is 0.408 e. The van der Waals surface area contributed by atoms with Crippen LogP contribution in [0.15, 0.2) is 48.5 Å². The Hall–Kier alpha value is -3.35. The Kier molecular flexibility index (Phi) is 7.43. The smallest absolute Gasteiger partial charge is 0.408 e. The first kappa shape index (κ1) is 24.8.